The lowest BCUT2D eigenvalue weighted by Crippen LogP contribution is -2.28. The fourth-order valence-electron chi connectivity index (χ4n) is 3.44. The van der Waals surface area contributed by atoms with E-state index in [0.29, 0.717) is 41.1 Å². The molecule has 1 aliphatic rings. The van der Waals surface area contributed by atoms with Crippen LogP contribution in [0.1, 0.15) is 28.9 Å². The third-order valence-electron chi connectivity index (χ3n) is 4.85. The van der Waals surface area contributed by atoms with E-state index in [4.69, 9.17) is 0 Å². The summed E-state index contributed by atoms with van der Waals surface area (Å²) in [6.45, 7) is 3.22. The van der Waals surface area contributed by atoms with Crippen molar-refractivity contribution in [1.82, 2.24) is 14.9 Å². The maximum Gasteiger partial charge on any atom is 0.573 e. The zero-order valence-corrected chi connectivity index (χ0v) is 17.4. The third kappa shape index (κ3) is 5.16. The number of alkyl halides is 3. The highest BCUT2D eigenvalue weighted by molar-refractivity contribution is 6.07. The standard InChI is InChI=1S/C21H19F3N4O2.ClH/c1-13-4-9-16-18(27-14-5-7-15(8-6-14)30-21(22,23)24)17(12-25-19(16)26-13)20(29)28-10-2-3-11-28;/h4-9,12H,2-3,10-11H2,1H3,(H,25,26,27);1H. The molecule has 0 unspecified atom stereocenters. The molecule has 0 atom stereocenters. The van der Waals surface area contributed by atoms with E-state index in [0.717, 1.165) is 18.5 Å². The summed E-state index contributed by atoms with van der Waals surface area (Å²) in [7, 11) is 0. The van der Waals surface area contributed by atoms with Gasteiger partial charge in [0.15, 0.2) is 5.65 Å². The maximum absolute atomic E-state index is 13.1. The first-order valence-corrected chi connectivity index (χ1v) is 9.49. The highest BCUT2D eigenvalue weighted by atomic mass is 35.5. The molecule has 0 radical (unpaired) electrons. The van der Waals surface area contributed by atoms with E-state index in [2.05, 4.69) is 20.0 Å². The first kappa shape index (κ1) is 22.6. The minimum atomic E-state index is -4.75. The van der Waals surface area contributed by atoms with Gasteiger partial charge in [0.1, 0.15) is 5.75 Å². The fourth-order valence-corrected chi connectivity index (χ4v) is 3.44. The number of hydrogen-bond donors (Lipinski definition) is 1. The third-order valence-corrected chi connectivity index (χ3v) is 4.85. The SMILES string of the molecule is Cc1ccc2c(Nc3ccc(OC(F)(F)F)cc3)c(C(=O)N3CCCC3)cnc2n1.Cl. The molecule has 1 fully saturated rings. The number of amides is 1. The zero-order valence-electron chi connectivity index (χ0n) is 16.6. The van der Waals surface area contributed by atoms with Crippen LogP contribution in [-0.2, 0) is 0 Å². The molecule has 1 saturated heterocycles. The van der Waals surface area contributed by atoms with Crippen LogP contribution >= 0.6 is 12.4 Å². The van der Waals surface area contributed by atoms with Crippen LogP contribution in [0.25, 0.3) is 11.0 Å². The predicted molar refractivity (Wildman–Crippen MR) is 113 cm³/mol. The van der Waals surface area contributed by atoms with Gasteiger partial charge in [-0.05, 0) is 56.2 Å². The number of anilines is 2. The molecule has 1 N–H and O–H groups in total. The lowest BCUT2D eigenvalue weighted by molar-refractivity contribution is -0.274. The molecular formula is C21H20ClF3N4O2. The van der Waals surface area contributed by atoms with E-state index in [1.54, 1.807) is 4.90 Å². The number of carbonyl (C=O) groups excluding carboxylic acids is 1. The molecule has 3 heterocycles. The number of carbonyl (C=O) groups is 1. The molecule has 1 amide bonds. The molecule has 1 aliphatic heterocycles. The fraction of sp³-hybridized carbons (Fsp3) is 0.286. The Morgan fingerprint density at radius 2 is 1.77 bits per heavy atom. The van der Waals surface area contributed by atoms with E-state index >= 15 is 0 Å². The average molecular weight is 453 g/mol. The monoisotopic (exact) mass is 452 g/mol. The van der Waals surface area contributed by atoms with Crippen molar-refractivity contribution in [2.45, 2.75) is 26.1 Å². The normalized spacial score (nSPS) is 13.7. The van der Waals surface area contributed by atoms with Gasteiger partial charge in [0.25, 0.3) is 5.91 Å². The van der Waals surface area contributed by atoms with Gasteiger partial charge in [-0.1, -0.05) is 0 Å². The van der Waals surface area contributed by atoms with Crippen LogP contribution in [0.15, 0.2) is 42.6 Å². The van der Waals surface area contributed by atoms with Crippen LogP contribution in [0.4, 0.5) is 24.5 Å². The number of aromatic nitrogens is 2. The lowest BCUT2D eigenvalue weighted by atomic mass is 10.1. The number of ether oxygens (including phenoxy) is 1. The van der Waals surface area contributed by atoms with Gasteiger partial charge in [-0.15, -0.1) is 25.6 Å². The van der Waals surface area contributed by atoms with E-state index in [1.165, 1.54) is 30.5 Å². The van der Waals surface area contributed by atoms with Gasteiger partial charge in [-0.3, -0.25) is 4.79 Å². The highest BCUT2D eigenvalue weighted by Gasteiger charge is 2.31. The molecule has 2 aromatic heterocycles. The van der Waals surface area contributed by atoms with Crippen LogP contribution < -0.4 is 10.1 Å². The second-order valence-electron chi connectivity index (χ2n) is 7.07. The van der Waals surface area contributed by atoms with Crippen molar-refractivity contribution in [3.63, 3.8) is 0 Å². The van der Waals surface area contributed by atoms with Crippen molar-refractivity contribution >= 4 is 40.7 Å². The summed E-state index contributed by atoms with van der Waals surface area (Å²) in [5.74, 6) is -0.458. The summed E-state index contributed by atoms with van der Waals surface area (Å²) in [6, 6.07) is 8.99. The molecule has 6 nitrogen and oxygen atoms in total. The number of aryl methyl sites for hydroxylation is 1. The van der Waals surface area contributed by atoms with Crippen molar-refractivity contribution in [3.8, 4) is 5.75 Å². The van der Waals surface area contributed by atoms with Gasteiger partial charge >= 0.3 is 6.36 Å². The number of fused-ring (bicyclic) bond motifs is 1. The van der Waals surface area contributed by atoms with Crippen LogP contribution in [-0.4, -0.2) is 40.2 Å². The van der Waals surface area contributed by atoms with Gasteiger partial charge in [0, 0.05) is 36.1 Å². The molecule has 1 aromatic carbocycles. The molecule has 164 valence electrons. The molecule has 0 aliphatic carbocycles. The maximum atomic E-state index is 13.1. The second-order valence-corrected chi connectivity index (χ2v) is 7.07. The first-order chi connectivity index (χ1) is 14.3. The molecule has 3 aromatic rings. The van der Waals surface area contributed by atoms with Crippen molar-refractivity contribution in [2.75, 3.05) is 18.4 Å². The summed E-state index contributed by atoms with van der Waals surface area (Å²) >= 11 is 0. The van der Waals surface area contributed by atoms with Gasteiger partial charge in [-0.2, -0.15) is 0 Å². The highest BCUT2D eigenvalue weighted by Crippen LogP contribution is 2.31. The smallest absolute Gasteiger partial charge is 0.406 e. The van der Waals surface area contributed by atoms with Crippen molar-refractivity contribution in [2.24, 2.45) is 0 Å². The van der Waals surface area contributed by atoms with Crippen LogP contribution in [0.2, 0.25) is 0 Å². The van der Waals surface area contributed by atoms with Crippen LogP contribution in [0.3, 0.4) is 0 Å². The van der Waals surface area contributed by atoms with Crippen LogP contribution in [0, 0.1) is 6.92 Å². The number of nitrogens with zero attached hydrogens (tertiary/aromatic N) is 3. The number of likely N-dealkylation sites (tertiary alicyclic amines) is 1. The van der Waals surface area contributed by atoms with E-state index < -0.39 is 6.36 Å². The Labute approximate surface area is 182 Å². The van der Waals surface area contributed by atoms with Gasteiger partial charge < -0.3 is 15.0 Å². The summed E-state index contributed by atoms with van der Waals surface area (Å²) < 4.78 is 41.1. The molecular weight excluding hydrogens is 433 g/mol. The first-order valence-electron chi connectivity index (χ1n) is 9.49. The largest absolute Gasteiger partial charge is 0.573 e. The molecule has 0 bridgehead atoms. The quantitative estimate of drug-likeness (QED) is 0.586. The Kier molecular flexibility index (Phi) is 6.54. The van der Waals surface area contributed by atoms with Gasteiger partial charge in [0.2, 0.25) is 0 Å². The lowest BCUT2D eigenvalue weighted by Gasteiger charge is -2.19. The topological polar surface area (TPSA) is 67.3 Å². The number of nitrogens with one attached hydrogen (secondary N) is 1. The minimum absolute atomic E-state index is 0. The number of rotatable bonds is 4. The number of pyridine rings is 2. The molecule has 31 heavy (non-hydrogen) atoms. The van der Waals surface area contributed by atoms with E-state index in [1.807, 2.05) is 19.1 Å². The Morgan fingerprint density at radius 3 is 2.42 bits per heavy atom. The molecule has 10 heteroatoms. The Hall–Kier alpha value is -3.07. The van der Waals surface area contributed by atoms with Crippen molar-refractivity contribution in [1.29, 1.82) is 0 Å². The van der Waals surface area contributed by atoms with E-state index in [-0.39, 0.29) is 24.1 Å². The summed E-state index contributed by atoms with van der Waals surface area (Å²) in [4.78, 5) is 23.6. The number of hydrogen-bond acceptors (Lipinski definition) is 5. The summed E-state index contributed by atoms with van der Waals surface area (Å²) in [5.41, 5.74) is 2.69. The number of benzene rings is 1. The van der Waals surface area contributed by atoms with Crippen molar-refractivity contribution < 1.29 is 22.7 Å². The summed E-state index contributed by atoms with van der Waals surface area (Å²) in [5, 5.41) is 3.82. The predicted octanol–water partition coefficient (Wildman–Crippen LogP) is 5.24. The van der Waals surface area contributed by atoms with E-state index in [9.17, 15) is 18.0 Å². The van der Waals surface area contributed by atoms with Gasteiger partial charge in [-0.25, -0.2) is 9.97 Å². The zero-order chi connectivity index (χ0) is 21.3. The Bertz CT molecular complexity index is 1080. The molecule has 0 saturated carbocycles. The summed E-state index contributed by atoms with van der Waals surface area (Å²) in [6.07, 6.45) is -1.35. The Balaban J connectivity index is 0.00000272. The Morgan fingerprint density at radius 1 is 1.10 bits per heavy atom. The van der Waals surface area contributed by atoms with Gasteiger partial charge in [0.05, 0.1) is 11.3 Å². The van der Waals surface area contributed by atoms with Crippen LogP contribution in [0.5, 0.6) is 5.75 Å². The van der Waals surface area contributed by atoms with Crippen molar-refractivity contribution in [3.05, 3.63) is 53.9 Å². The number of halogens is 4. The average Bonchev–Trinajstić information content (AvgIpc) is 3.22. The molecule has 0 spiro atoms. The molecule has 4 rings (SSSR count). The minimum Gasteiger partial charge on any atom is -0.406 e. The second kappa shape index (κ2) is 8.97.